The number of carbonyl (C=O) groups is 1. The molecular weight excluding hydrogens is 511 g/mol. The lowest BCUT2D eigenvalue weighted by atomic mass is 9.80. The van der Waals surface area contributed by atoms with Crippen molar-refractivity contribution in [3.05, 3.63) is 80.6 Å². The van der Waals surface area contributed by atoms with E-state index in [1.807, 2.05) is 19.0 Å². The molecule has 3 aromatic rings. The van der Waals surface area contributed by atoms with Gasteiger partial charge in [-0.25, -0.2) is 4.39 Å². The van der Waals surface area contributed by atoms with Gasteiger partial charge in [-0.3, -0.25) is 14.5 Å². The van der Waals surface area contributed by atoms with Crippen LogP contribution in [0.1, 0.15) is 97.8 Å². The number of aromatic nitrogens is 1. The monoisotopic (exact) mass is 552 g/mol. The normalized spacial score (nSPS) is 28.0. The molecule has 0 aliphatic heterocycles. The van der Waals surface area contributed by atoms with Gasteiger partial charge in [-0.1, -0.05) is 50.0 Å². The van der Waals surface area contributed by atoms with Crippen LogP contribution >= 0.6 is 0 Å². The number of rotatable bonds is 7. The molecule has 3 saturated carbocycles. The van der Waals surface area contributed by atoms with Gasteiger partial charge >= 0.3 is 0 Å². The Balaban J connectivity index is 1.47. The summed E-state index contributed by atoms with van der Waals surface area (Å²) in [5, 5.41) is 0.270. The van der Waals surface area contributed by atoms with Crippen LogP contribution in [0, 0.1) is 29.6 Å². The highest BCUT2D eigenvalue weighted by molar-refractivity contribution is 6.08. The highest BCUT2D eigenvalue weighted by atomic mass is 19.1. The Labute approximate surface area is 242 Å². The maximum atomic E-state index is 15.6. The number of benzene rings is 2. The van der Waals surface area contributed by atoms with Crippen LogP contribution in [-0.2, 0) is 11.1 Å². The van der Waals surface area contributed by atoms with Crippen molar-refractivity contribution in [3.63, 3.8) is 0 Å². The van der Waals surface area contributed by atoms with Crippen LogP contribution in [0.3, 0.4) is 0 Å². The second kappa shape index (κ2) is 10.2. The molecule has 3 fully saturated rings. The number of alkyl halides is 1. The molecule has 0 saturated heterocycles. The SMILES string of the molecule is CCC(C)(F)c1cccc2[nH]cc(C(=O)C3(c4ccc(C5C6CCC5CC6)cc4C#CCN(C)C)CC3C)c(=O)c12. The summed E-state index contributed by atoms with van der Waals surface area (Å²) in [5.74, 6) is 8.71. The fourth-order valence-corrected chi connectivity index (χ4v) is 7.89. The van der Waals surface area contributed by atoms with E-state index in [0.29, 0.717) is 30.0 Å². The number of fused-ring (bicyclic) bond motifs is 3. The van der Waals surface area contributed by atoms with Crippen molar-refractivity contribution in [2.24, 2.45) is 17.8 Å². The number of ketones is 1. The van der Waals surface area contributed by atoms with Crippen molar-refractivity contribution >= 4 is 16.7 Å². The van der Waals surface area contributed by atoms with Crippen molar-refractivity contribution in [2.75, 3.05) is 20.6 Å². The fourth-order valence-electron chi connectivity index (χ4n) is 7.89. The largest absolute Gasteiger partial charge is 0.360 e. The third-order valence-corrected chi connectivity index (χ3v) is 10.5. The molecule has 41 heavy (non-hydrogen) atoms. The van der Waals surface area contributed by atoms with Crippen molar-refractivity contribution in [3.8, 4) is 11.8 Å². The standard InChI is InChI=1S/C36H41FN2O2/c1-6-35(3,37)29-10-7-11-30-32(29)33(40)27(21-38-30)34(41)36(20-22(36)2)28-17-16-26(19-25(28)9-8-18-39(4)5)31-23-12-13-24(31)15-14-23/h7,10-11,16-17,19,21-24,31H,6,12-15,18,20H2,1-5H3,(H,38,40). The summed E-state index contributed by atoms with van der Waals surface area (Å²) in [6, 6.07) is 11.8. The van der Waals surface area contributed by atoms with Crippen molar-refractivity contribution < 1.29 is 9.18 Å². The quantitative estimate of drug-likeness (QED) is 0.251. The van der Waals surface area contributed by atoms with E-state index >= 15 is 4.39 Å². The number of Topliss-reactive ketones (excluding diaryl/α,β-unsaturated/α-hetero) is 1. The summed E-state index contributed by atoms with van der Waals surface area (Å²) in [5.41, 5.74) is 1.28. The van der Waals surface area contributed by atoms with Crippen LogP contribution in [0.5, 0.6) is 0 Å². The van der Waals surface area contributed by atoms with E-state index in [1.165, 1.54) is 44.4 Å². The van der Waals surface area contributed by atoms with Gasteiger partial charge in [0.15, 0.2) is 5.78 Å². The van der Waals surface area contributed by atoms with Gasteiger partial charge in [0.05, 0.1) is 22.9 Å². The molecular formula is C36H41FN2O2. The van der Waals surface area contributed by atoms with E-state index in [4.69, 9.17) is 0 Å². The van der Waals surface area contributed by atoms with Gasteiger partial charge in [0, 0.05) is 22.8 Å². The highest BCUT2D eigenvalue weighted by Gasteiger charge is 2.59. The first-order valence-electron chi connectivity index (χ1n) is 15.2. The van der Waals surface area contributed by atoms with Crippen LogP contribution in [0.4, 0.5) is 4.39 Å². The maximum Gasteiger partial charge on any atom is 0.200 e. The number of hydrogen-bond donors (Lipinski definition) is 1. The zero-order valence-electron chi connectivity index (χ0n) is 24.9. The first kappa shape index (κ1) is 27.9. The summed E-state index contributed by atoms with van der Waals surface area (Å²) in [6.07, 6.45) is 7.66. The minimum atomic E-state index is -1.68. The lowest BCUT2D eigenvalue weighted by molar-refractivity contribution is 0.0937. The van der Waals surface area contributed by atoms with Crippen LogP contribution in [-0.4, -0.2) is 36.3 Å². The van der Waals surface area contributed by atoms with E-state index in [1.54, 1.807) is 25.1 Å². The molecule has 3 aliphatic rings. The van der Waals surface area contributed by atoms with Gasteiger partial charge in [-0.15, -0.1) is 0 Å². The number of pyridine rings is 1. The fraction of sp³-hybridized carbons (Fsp3) is 0.500. The van der Waals surface area contributed by atoms with E-state index < -0.39 is 16.5 Å². The van der Waals surface area contributed by atoms with E-state index in [2.05, 4.69) is 41.9 Å². The van der Waals surface area contributed by atoms with Crippen LogP contribution in [0.2, 0.25) is 0 Å². The van der Waals surface area contributed by atoms with Crippen molar-refractivity contribution in [2.45, 2.75) is 76.3 Å². The van der Waals surface area contributed by atoms with Crippen molar-refractivity contribution in [1.29, 1.82) is 0 Å². The molecule has 1 N–H and O–H groups in total. The Hall–Kier alpha value is -3.23. The minimum absolute atomic E-state index is 0.0744. The average Bonchev–Trinajstić information content (AvgIpc) is 3.27. The number of nitrogens with one attached hydrogen (secondary N) is 1. The highest BCUT2D eigenvalue weighted by Crippen LogP contribution is 2.58. The molecule has 4 nitrogen and oxygen atoms in total. The van der Waals surface area contributed by atoms with Crippen LogP contribution < -0.4 is 5.43 Å². The molecule has 1 heterocycles. The van der Waals surface area contributed by atoms with Gasteiger partial charge < -0.3 is 4.98 Å². The van der Waals surface area contributed by atoms with Gasteiger partial charge in [0.1, 0.15) is 5.67 Å². The third kappa shape index (κ3) is 4.56. The Morgan fingerprint density at radius 3 is 2.44 bits per heavy atom. The molecule has 0 spiro atoms. The molecule has 5 heteroatoms. The molecule has 3 aliphatic carbocycles. The molecule has 1 aromatic heterocycles. The lowest BCUT2D eigenvalue weighted by Crippen LogP contribution is -2.30. The summed E-state index contributed by atoms with van der Waals surface area (Å²) >= 11 is 0. The van der Waals surface area contributed by atoms with E-state index in [-0.39, 0.29) is 29.1 Å². The predicted octanol–water partition coefficient (Wildman–Crippen LogP) is 7.10. The zero-order valence-corrected chi connectivity index (χ0v) is 24.9. The number of H-pyrrole nitrogens is 1. The molecule has 6 rings (SSSR count). The van der Waals surface area contributed by atoms with Gasteiger partial charge in [-0.2, -0.15) is 0 Å². The molecule has 0 amide bonds. The van der Waals surface area contributed by atoms with Gasteiger partial charge in [0.2, 0.25) is 5.43 Å². The summed E-state index contributed by atoms with van der Waals surface area (Å²) in [7, 11) is 3.99. The van der Waals surface area contributed by atoms with Crippen LogP contribution in [0.15, 0.2) is 47.4 Å². The predicted molar refractivity (Wildman–Crippen MR) is 163 cm³/mol. The number of hydrogen-bond acceptors (Lipinski definition) is 3. The zero-order chi connectivity index (χ0) is 29.1. The Kier molecular flexibility index (Phi) is 6.97. The lowest BCUT2D eigenvalue weighted by Gasteiger charge is -2.23. The summed E-state index contributed by atoms with van der Waals surface area (Å²) in [4.78, 5) is 33.6. The summed E-state index contributed by atoms with van der Waals surface area (Å²) in [6.45, 7) is 5.97. The minimum Gasteiger partial charge on any atom is -0.360 e. The Morgan fingerprint density at radius 1 is 1.15 bits per heavy atom. The van der Waals surface area contributed by atoms with E-state index in [9.17, 15) is 9.59 Å². The number of aromatic amines is 1. The molecule has 2 bridgehead atoms. The first-order chi connectivity index (χ1) is 19.6. The van der Waals surface area contributed by atoms with E-state index in [0.717, 1.165) is 23.0 Å². The second-order valence-electron chi connectivity index (χ2n) is 13.3. The van der Waals surface area contributed by atoms with Crippen LogP contribution in [0.25, 0.3) is 10.9 Å². The first-order valence-corrected chi connectivity index (χ1v) is 15.2. The smallest absolute Gasteiger partial charge is 0.200 e. The average molecular weight is 553 g/mol. The Bertz CT molecular complexity index is 1620. The molecule has 3 unspecified atom stereocenters. The third-order valence-electron chi connectivity index (χ3n) is 10.5. The molecule has 2 aromatic carbocycles. The Morgan fingerprint density at radius 2 is 1.83 bits per heavy atom. The maximum absolute atomic E-state index is 15.6. The topological polar surface area (TPSA) is 53.2 Å². The molecule has 3 atom stereocenters. The molecule has 214 valence electrons. The van der Waals surface area contributed by atoms with Gasteiger partial charge in [-0.05, 0) is 106 Å². The number of carbonyl (C=O) groups excluding carboxylic acids is 1. The number of halogens is 1. The summed E-state index contributed by atoms with van der Waals surface area (Å²) < 4.78 is 15.6. The van der Waals surface area contributed by atoms with Gasteiger partial charge in [0.25, 0.3) is 0 Å². The number of nitrogens with zero attached hydrogens (tertiary/aromatic N) is 1. The molecule has 0 radical (unpaired) electrons. The van der Waals surface area contributed by atoms with Crippen molar-refractivity contribution in [1.82, 2.24) is 9.88 Å². The second-order valence-corrected chi connectivity index (χ2v) is 13.3.